The fraction of sp³-hybridized carbons (Fsp3) is 0.457. The summed E-state index contributed by atoms with van der Waals surface area (Å²) in [4.78, 5) is 17.6. The highest BCUT2D eigenvalue weighted by molar-refractivity contribution is 7.92. The van der Waals surface area contributed by atoms with E-state index >= 15 is 0 Å². The molecular weight excluding hydrogens is 629 g/mol. The van der Waals surface area contributed by atoms with Crippen LogP contribution in [0.3, 0.4) is 0 Å². The van der Waals surface area contributed by atoms with E-state index < -0.39 is 10.0 Å². The standard InChI is InChI=1S/C35H43Cl2N3O4S/c1-25(2)44-29-9-7-8-26(20-29)21-34(41)38(3)23-28(27-12-13-31(36)32(37)22-27)14-17-39-18-15-35(16-19-39)24-40(45(4,42)43)33-11-6-5-10-30(33)35/h5-13,20,22,25,28H,14-19,21,23-24H2,1-4H3/t28-/m1/s1. The molecule has 3 aromatic carbocycles. The van der Waals surface area contributed by atoms with Crippen molar-refractivity contribution < 1.29 is 17.9 Å². The predicted molar refractivity (Wildman–Crippen MR) is 183 cm³/mol. The van der Waals surface area contributed by atoms with E-state index in [0.29, 0.717) is 29.6 Å². The van der Waals surface area contributed by atoms with Gasteiger partial charge in [0, 0.05) is 31.5 Å². The number of para-hydroxylation sites is 1. The Hall–Kier alpha value is -2.78. The lowest BCUT2D eigenvalue weighted by molar-refractivity contribution is -0.129. The number of nitrogens with zero attached hydrogens (tertiary/aromatic N) is 3. The minimum atomic E-state index is -3.35. The number of piperidine rings is 1. The number of halogens is 2. The summed E-state index contributed by atoms with van der Waals surface area (Å²) in [6.45, 7) is 7.63. The van der Waals surface area contributed by atoms with Crippen LogP contribution in [-0.2, 0) is 26.7 Å². The van der Waals surface area contributed by atoms with Crippen molar-refractivity contribution in [2.45, 2.75) is 57.0 Å². The van der Waals surface area contributed by atoms with Crippen molar-refractivity contribution in [3.8, 4) is 5.75 Å². The van der Waals surface area contributed by atoms with Crippen LogP contribution in [0.25, 0.3) is 0 Å². The number of carbonyl (C=O) groups excluding carboxylic acids is 1. The van der Waals surface area contributed by atoms with Crippen molar-refractivity contribution in [2.24, 2.45) is 0 Å². The van der Waals surface area contributed by atoms with E-state index in [1.165, 1.54) is 6.26 Å². The number of carbonyl (C=O) groups is 1. The van der Waals surface area contributed by atoms with Crippen LogP contribution in [0.5, 0.6) is 5.75 Å². The molecule has 0 unspecified atom stereocenters. The molecule has 1 fully saturated rings. The number of ether oxygens (including phenoxy) is 1. The minimum Gasteiger partial charge on any atom is -0.491 e. The van der Waals surface area contributed by atoms with Crippen molar-refractivity contribution in [3.05, 3.63) is 93.5 Å². The van der Waals surface area contributed by atoms with Gasteiger partial charge in [-0.1, -0.05) is 59.6 Å². The van der Waals surface area contributed by atoms with Crippen molar-refractivity contribution in [1.29, 1.82) is 0 Å². The lowest BCUT2D eigenvalue weighted by Crippen LogP contribution is -2.46. The molecule has 2 aliphatic heterocycles. The van der Waals surface area contributed by atoms with Crippen LogP contribution >= 0.6 is 23.2 Å². The van der Waals surface area contributed by atoms with Gasteiger partial charge in [-0.15, -0.1) is 0 Å². The summed E-state index contributed by atoms with van der Waals surface area (Å²) in [7, 11) is -1.49. The maximum atomic E-state index is 13.4. The van der Waals surface area contributed by atoms with Gasteiger partial charge in [0.25, 0.3) is 0 Å². The maximum absolute atomic E-state index is 13.4. The highest BCUT2D eigenvalue weighted by Gasteiger charge is 2.46. The molecule has 1 spiro atoms. The second-order valence-electron chi connectivity index (χ2n) is 12.8. The highest BCUT2D eigenvalue weighted by atomic mass is 35.5. The summed E-state index contributed by atoms with van der Waals surface area (Å²) in [5.41, 5.74) is 3.77. The fourth-order valence-electron chi connectivity index (χ4n) is 6.72. The van der Waals surface area contributed by atoms with E-state index in [4.69, 9.17) is 27.9 Å². The molecule has 0 N–H and O–H groups in total. The fourth-order valence-corrected chi connectivity index (χ4v) is 8.03. The number of rotatable bonds is 11. The first-order valence-corrected chi connectivity index (χ1v) is 18.2. The van der Waals surface area contributed by atoms with Crippen LogP contribution < -0.4 is 9.04 Å². The highest BCUT2D eigenvalue weighted by Crippen LogP contribution is 2.48. The Labute approximate surface area is 278 Å². The molecule has 0 bridgehead atoms. The molecule has 0 saturated carbocycles. The van der Waals surface area contributed by atoms with E-state index in [2.05, 4.69) is 11.0 Å². The Morgan fingerprint density at radius 3 is 2.42 bits per heavy atom. The first-order valence-electron chi connectivity index (χ1n) is 15.6. The van der Waals surface area contributed by atoms with E-state index in [9.17, 15) is 13.2 Å². The Bertz CT molecular complexity index is 1620. The predicted octanol–water partition coefficient (Wildman–Crippen LogP) is 6.77. The molecule has 5 rings (SSSR count). The number of sulfonamides is 1. The monoisotopic (exact) mass is 671 g/mol. The average molecular weight is 673 g/mol. The molecule has 45 heavy (non-hydrogen) atoms. The zero-order chi connectivity index (χ0) is 32.4. The third-order valence-electron chi connectivity index (χ3n) is 9.16. The number of hydrogen-bond acceptors (Lipinski definition) is 5. The van der Waals surface area contributed by atoms with Crippen molar-refractivity contribution >= 4 is 44.8 Å². The van der Waals surface area contributed by atoms with Gasteiger partial charge in [-0.25, -0.2) is 8.42 Å². The van der Waals surface area contributed by atoms with Gasteiger partial charge in [0.05, 0.1) is 34.5 Å². The molecule has 7 nitrogen and oxygen atoms in total. The minimum absolute atomic E-state index is 0.0389. The number of benzene rings is 3. The molecular formula is C35H43Cl2N3O4S. The lowest BCUT2D eigenvalue weighted by atomic mass is 9.74. The topological polar surface area (TPSA) is 70.2 Å². The molecule has 0 radical (unpaired) electrons. The third-order valence-corrected chi connectivity index (χ3v) is 11.0. The molecule has 3 aromatic rings. The number of hydrogen-bond donors (Lipinski definition) is 0. The SMILES string of the molecule is CC(C)Oc1cccc(CC(=O)N(C)C[C@@H](CCN2CCC3(CC2)CN(S(C)(=O)=O)c2ccccc23)c2ccc(Cl)c(Cl)c2)c1. The van der Waals surface area contributed by atoms with E-state index in [1.807, 2.05) is 86.5 Å². The number of anilines is 1. The van der Waals surface area contributed by atoms with Crippen LogP contribution in [0.4, 0.5) is 5.69 Å². The van der Waals surface area contributed by atoms with Gasteiger partial charge in [-0.2, -0.15) is 0 Å². The zero-order valence-electron chi connectivity index (χ0n) is 26.5. The number of amides is 1. The van der Waals surface area contributed by atoms with Gasteiger partial charge in [-0.05, 0) is 99.8 Å². The Balaban J connectivity index is 1.25. The number of fused-ring (bicyclic) bond motifs is 2. The quantitative estimate of drug-likeness (QED) is 0.225. The summed E-state index contributed by atoms with van der Waals surface area (Å²) in [5, 5.41) is 1.01. The normalized spacial score (nSPS) is 17.0. The summed E-state index contributed by atoms with van der Waals surface area (Å²) >= 11 is 12.7. The number of likely N-dealkylation sites (N-methyl/N-ethyl adjacent to an activating group) is 1. The Kier molecular flexibility index (Phi) is 10.4. The van der Waals surface area contributed by atoms with Crippen molar-refractivity contribution in [3.63, 3.8) is 0 Å². The van der Waals surface area contributed by atoms with Crippen LogP contribution in [0, 0.1) is 0 Å². The van der Waals surface area contributed by atoms with Gasteiger partial charge < -0.3 is 14.5 Å². The van der Waals surface area contributed by atoms with Crippen molar-refractivity contribution in [1.82, 2.24) is 9.80 Å². The second kappa shape index (κ2) is 13.9. The maximum Gasteiger partial charge on any atom is 0.232 e. The van der Waals surface area contributed by atoms with Crippen LogP contribution in [0.15, 0.2) is 66.7 Å². The third kappa shape index (κ3) is 7.97. The summed E-state index contributed by atoms with van der Waals surface area (Å²) in [6.07, 6.45) is 4.28. The molecule has 0 aliphatic carbocycles. The molecule has 10 heteroatoms. The largest absolute Gasteiger partial charge is 0.491 e. The molecule has 2 aliphatic rings. The van der Waals surface area contributed by atoms with Gasteiger partial charge >= 0.3 is 0 Å². The van der Waals surface area contributed by atoms with Crippen LogP contribution in [0.1, 0.15) is 55.7 Å². The Morgan fingerprint density at radius 1 is 1.00 bits per heavy atom. The average Bonchev–Trinajstić information content (AvgIpc) is 3.32. The van der Waals surface area contributed by atoms with E-state index in [0.717, 1.165) is 67.0 Å². The smallest absolute Gasteiger partial charge is 0.232 e. The first kappa shape index (κ1) is 33.6. The van der Waals surface area contributed by atoms with E-state index in [-0.39, 0.29) is 23.3 Å². The molecule has 242 valence electrons. The summed E-state index contributed by atoms with van der Waals surface area (Å²) in [5.74, 6) is 0.866. The first-order chi connectivity index (χ1) is 21.3. The zero-order valence-corrected chi connectivity index (χ0v) is 28.8. The lowest BCUT2D eigenvalue weighted by Gasteiger charge is -2.40. The molecule has 0 aromatic heterocycles. The van der Waals surface area contributed by atoms with Crippen LogP contribution in [0.2, 0.25) is 10.0 Å². The molecule has 1 amide bonds. The molecule has 2 heterocycles. The molecule has 1 atom stereocenters. The Morgan fingerprint density at radius 2 is 1.73 bits per heavy atom. The number of likely N-dealkylation sites (tertiary alicyclic amines) is 1. The summed E-state index contributed by atoms with van der Waals surface area (Å²) in [6, 6.07) is 21.4. The van der Waals surface area contributed by atoms with Gasteiger partial charge in [-0.3, -0.25) is 9.10 Å². The van der Waals surface area contributed by atoms with Crippen LogP contribution in [-0.4, -0.2) is 76.3 Å². The van der Waals surface area contributed by atoms with Gasteiger partial charge in [0.2, 0.25) is 15.9 Å². The molecule has 1 saturated heterocycles. The van der Waals surface area contributed by atoms with Crippen molar-refractivity contribution in [2.75, 3.05) is 50.3 Å². The second-order valence-corrected chi connectivity index (χ2v) is 15.6. The van der Waals surface area contributed by atoms with Gasteiger partial charge in [0.1, 0.15) is 5.75 Å². The summed E-state index contributed by atoms with van der Waals surface area (Å²) < 4.78 is 32.6. The van der Waals surface area contributed by atoms with E-state index in [1.54, 1.807) is 4.31 Å². The van der Waals surface area contributed by atoms with Gasteiger partial charge in [0.15, 0.2) is 0 Å².